The van der Waals surface area contributed by atoms with Crippen LogP contribution in [0.25, 0.3) is 11.0 Å². The van der Waals surface area contributed by atoms with Gasteiger partial charge in [-0.2, -0.15) is 0 Å². The molecule has 0 spiro atoms. The smallest absolute Gasteiger partial charge is 0.232 e. The summed E-state index contributed by atoms with van der Waals surface area (Å²) in [5, 5.41) is 0.699. The Morgan fingerprint density at radius 3 is 2.80 bits per heavy atom. The Morgan fingerprint density at radius 1 is 1.35 bits per heavy atom. The molecule has 0 radical (unpaired) electrons. The van der Waals surface area contributed by atoms with Crippen LogP contribution in [0.3, 0.4) is 0 Å². The van der Waals surface area contributed by atoms with E-state index in [0.29, 0.717) is 16.5 Å². The molecule has 1 aliphatic rings. The lowest BCUT2D eigenvalue weighted by atomic mass is 10.1. The first-order chi connectivity index (χ1) is 9.58. The maximum atomic E-state index is 12.3. The van der Waals surface area contributed by atoms with Crippen LogP contribution < -0.4 is 0 Å². The monoisotopic (exact) mass is 271 g/mol. The minimum atomic E-state index is -0.337. The maximum absolute atomic E-state index is 12.3. The van der Waals surface area contributed by atoms with Crippen molar-refractivity contribution in [3.8, 4) is 0 Å². The third-order valence-corrected chi connectivity index (χ3v) is 3.55. The molecule has 0 N–H and O–H groups in total. The fourth-order valence-electron chi connectivity index (χ4n) is 2.44. The summed E-state index contributed by atoms with van der Waals surface area (Å²) in [6.07, 6.45) is 1.56. The normalized spacial score (nSPS) is 19.1. The summed E-state index contributed by atoms with van der Waals surface area (Å²) in [7, 11) is 0. The van der Waals surface area contributed by atoms with E-state index in [0.717, 1.165) is 4.90 Å². The molecule has 2 aromatic rings. The fraction of sp³-hybridized carbons (Fsp3) is 0.267. The number of nitrogens with zero attached hydrogens (tertiary/aromatic N) is 1. The van der Waals surface area contributed by atoms with Crippen LogP contribution in [-0.2, 0) is 9.59 Å². The molecule has 2 heterocycles. The van der Waals surface area contributed by atoms with Crippen LogP contribution in [0, 0.1) is 5.92 Å². The number of rotatable bonds is 3. The van der Waals surface area contributed by atoms with Gasteiger partial charge in [0.05, 0.1) is 12.1 Å². The van der Waals surface area contributed by atoms with Gasteiger partial charge in [0.25, 0.3) is 0 Å². The van der Waals surface area contributed by atoms with E-state index in [2.05, 4.69) is 0 Å². The van der Waals surface area contributed by atoms with Crippen molar-refractivity contribution in [1.82, 2.24) is 4.90 Å². The van der Waals surface area contributed by atoms with Crippen LogP contribution in [0.15, 0.2) is 34.9 Å². The number of hydrogen-bond donors (Lipinski definition) is 0. The molecular formula is C15H13NO4. The zero-order valence-electron chi connectivity index (χ0n) is 11.0. The Bertz CT molecular complexity index is 715. The number of para-hydroxylation sites is 1. The molecule has 0 bridgehead atoms. The lowest BCUT2D eigenvalue weighted by Crippen LogP contribution is -2.35. The molecule has 1 atom stereocenters. The average Bonchev–Trinajstić information content (AvgIpc) is 2.96. The topological polar surface area (TPSA) is 67.6 Å². The number of furan rings is 1. The largest absolute Gasteiger partial charge is 0.464 e. The fourth-order valence-corrected chi connectivity index (χ4v) is 2.44. The highest BCUT2D eigenvalue weighted by molar-refractivity contribution is 6.12. The second kappa shape index (κ2) is 4.59. The van der Waals surface area contributed by atoms with Crippen molar-refractivity contribution < 1.29 is 18.8 Å². The van der Waals surface area contributed by atoms with E-state index >= 15 is 0 Å². The average molecular weight is 271 g/mol. The Hall–Kier alpha value is -2.43. The number of amides is 2. The number of imide groups is 1. The summed E-state index contributed by atoms with van der Waals surface area (Å²) in [5.74, 6) is -1.19. The van der Waals surface area contributed by atoms with Crippen molar-refractivity contribution in [2.75, 3.05) is 6.54 Å². The molecule has 1 aromatic heterocycles. The van der Waals surface area contributed by atoms with Gasteiger partial charge in [0.2, 0.25) is 11.8 Å². The standard InChI is InChI=1S/C15H13NO4/c1-9-6-14(18)16(15(9)19)7-12(17)11-8-20-13-5-3-2-4-10(11)13/h2-5,8-9H,6-7H2,1H3. The van der Waals surface area contributed by atoms with Crippen LogP contribution in [0.4, 0.5) is 0 Å². The molecule has 5 heteroatoms. The summed E-state index contributed by atoms with van der Waals surface area (Å²) < 4.78 is 5.30. The van der Waals surface area contributed by atoms with Gasteiger partial charge in [0, 0.05) is 17.7 Å². The first kappa shape index (κ1) is 12.6. The lowest BCUT2D eigenvalue weighted by molar-refractivity contribution is -0.138. The highest BCUT2D eigenvalue weighted by Crippen LogP contribution is 2.23. The van der Waals surface area contributed by atoms with E-state index in [4.69, 9.17) is 4.42 Å². The highest BCUT2D eigenvalue weighted by Gasteiger charge is 2.36. The number of carbonyl (C=O) groups is 3. The molecule has 1 unspecified atom stereocenters. The summed E-state index contributed by atoms with van der Waals surface area (Å²) in [5.41, 5.74) is 1.02. The zero-order chi connectivity index (χ0) is 14.3. The number of carbonyl (C=O) groups excluding carboxylic acids is 3. The first-order valence-corrected chi connectivity index (χ1v) is 6.41. The Labute approximate surface area is 115 Å². The van der Waals surface area contributed by atoms with Crippen LogP contribution in [0.2, 0.25) is 0 Å². The predicted octanol–water partition coefficient (Wildman–Crippen LogP) is 2.01. The van der Waals surface area contributed by atoms with Gasteiger partial charge >= 0.3 is 0 Å². The summed E-state index contributed by atoms with van der Waals surface area (Å²) >= 11 is 0. The predicted molar refractivity (Wildman–Crippen MR) is 71.0 cm³/mol. The number of fused-ring (bicyclic) bond motifs is 1. The van der Waals surface area contributed by atoms with Crippen molar-refractivity contribution in [2.24, 2.45) is 5.92 Å². The number of benzene rings is 1. The third kappa shape index (κ3) is 1.91. The number of Topliss-reactive ketones (excluding diaryl/α,β-unsaturated/α-hetero) is 1. The van der Waals surface area contributed by atoms with Crippen molar-refractivity contribution >= 4 is 28.6 Å². The van der Waals surface area contributed by atoms with Crippen molar-refractivity contribution in [2.45, 2.75) is 13.3 Å². The van der Waals surface area contributed by atoms with Gasteiger partial charge in [-0.05, 0) is 6.07 Å². The van der Waals surface area contributed by atoms with Gasteiger partial charge in [0.15, 0.2) is 5.78 Å². The first-order valence-electron chi connectivity index (χ1n) is 6.41. The molecule has 102 valence electrons. The van der Waals surface area contributed by atoms with Crippen LogP contribution in [-0.4, -0.2) is 29.0 Å². The third-order valence-electron chi connectivity index (χ3n) is 3.55. The summed E-state index contributed by atoms with van der Waals surface area (Å²) in [6.45, 7) is 1.48. The van der Waals surface area contributed by atoms with E-state index in [-0.39, 0.29) is 36.5 Å². The minimum Gasteiger partial charge on any atom is -0.464 e. The molecule has 20 heavy (non-hydrogen) atoms. The minimum absolute atomic E-state index is 0.179. The molecule has 1 aromatic carbocycles. The van der Waals surface area contributed by atoms with Gasteiger partial charge < -0.3 is 4.42 Å². The van der Waals surface area contributed by atoms with E-state index in [9.17, 15) is 14.4 Å². The Balaban J connectivity index is 1.87. The molecule has 0 aliphatic carbocycles. The molecule has 5 nitrogen and oxygen atoms in total. The quantitative estimate of drug-likeness (QED) is 0.632. The van der Waals surface area contributed by atoms with Crippen molar-refractivity contribution in [3.05, 3.63) is 36.1 Å². The van der Waals surface area contributed by atoms with Gasteiger partial charge in [0.1, 0.15) is 11.8 Å². The van der Waals surface area contributed by atoms with E-state index in [1.165, 1.54) is 6.26 Å². The van der Waals surface area contributed by atoms with Crippen LogP contribution in [0.1, 0.15) is 23.7 Å². The molecular weight excluding hydrogens is 258 g/mol. The van der Waals surface area contributed by atoms with E-state index in [1.54, 1.807) is 19.1 Å². The van der Waals surface area contributed by atoms with Gasteiger partial charge in [-0.15, -0.1) is 0 Å². The second-order valence-corrected chi connectivity index (χ2v) is 4.99. The molecule has 1 aliphatic heterocycles. The molecule has 1 fully saturated rings. The second-order valence-electron chi connectivity index (χ2n) is 4.99. The van der Waals surface area contributed by atoms with Gasteiger partial charge in [-0.1, -0.05) is 25.1 Å². The lowest BCUT2D eigenvalue weighted by Gasteiger charge is -2.12. The van der Waals surface area contributed by atoms with Crippen molar-refractivity contribution in [1.29, 1.82) is 0 Å². The summed E-state index contributed by atoms with van der Waals surface area (Å²) in [4.78, 5) is 36.8. The highest BCUT2D eigenvalue weighted by atomic mass is 16.3. The van der Waals surface area contributed by atoms with Gasteiger partial charge in [-0.25, -0.2) is 0 Å². The maximum Gasteiger partial charge on any atom is 0.232 e. The van der Waals surface area contributed by atoms with Crippen molar-refractivity contribution in [3.63, 3.8) is 0 Å². The Morgan fingerprint density at radius 2 is 2.10 bits per heavy atom. The van der Waals surface area contributed by atoms with E-state index < -0.39 is 0 Å². The SMILES string of the molecule is CC1CC(=O)N(CC(=O)c2coc3ccccc23)C1=O. The van der Waals surface area contributed by atoms with Crippen LogP contribution >= 0.6 is 0 Å². The molecule has 2 amide bonds. The van der Waals surface area contributed by atoms with E-state index in [1.807, 2.05) is 12.1 Å². The number of ketones is 1. The summed E-state index contributed by atoms with van der Waals surface area (Å²) in [6, 6.07) is 7.17. The zero-order valence-corrected chi connectivity index (χ0v) is 11.0. The molecule has 0 saturated carbocycles. The Kier molecular flexibility index (Phi) is 2.89. The number of hydrogen-bond acceptors (Lipinski definition) is 4. The molecule has 1 saturated heterocycles. The molecule has 3 rings (SSSR count). The number of likely N-dealkylation sites (tertiary alicyclic amines) is 1. The van der Waals surface area contributed by atoms with Crippen LogP contribution in [0.5, 0.6) is 0 Å². The van der Waals surface area contributed by atoms with Gasteiger partial charge in [-0.3, -0.25) is 19.3 Å².